The number of benzene rings is 1. The normalized spacial score (nSPS) is 18.1. The van der Waals surface area contributed by atoms with Crippen LogP contribution in [0.2, 0.25) is 5.02 Å². The molecule has 0 radical (unpaired) electrons. The third kappa shape index (κ3) is 2.45. The number of carbonyl (C=O) groups is 2. The van der Waals surface area contributed by atoms with Crippen molar-refractivity contribution in [2.75, 3.05) is 13.1 Å². The molecule has 19 heavy (non-hydrogen) atoms. The quantitative estimate of drug-likeness (QED) is 0.855. The largest absolute Gasteiger partial charge is 0.352 e. The number of halogens is 1. The molecule has 0 unspecified atom stereocenters. The molecule has 0 spiro atoms. The molecule has 2 rings (SSSR count). The van der Waals surface area contributed by atoms with Crippen LogP contribution in [0.3, 0.4) is 0 Å². The molecule has 1 aromatic carbocycles. The predicted molar refractivity (Wildman–Crippen MR) is 74.3 cm³/mol. The zero-order chi connectivity index (χ0) is 14.2. The van der Waals surface area contributed by atoms with Crippen molar-refractivity contribution in [2.45, 2.75) is 26.3 Å². The van der Waals surface area contributed by atoms with Gasteiger partial charge in [-0.1, -0.05) is 11.6 Å². The van der Waals surface area contributed by atoms with Crippen molar-refractivity contribution in [3.05, 3.63) is 34.3 Å². The first-order valence-electron chi connectivity index (χ1n) is 6.20. The molecule has 0 saturated carbocycles. The number of hydrogen-bond donors (Lipinski definition) is 1. The van der Waals surface area contributed by atoms with Gasteiger partial charge in [-0.3, -0.25) is 9.59 Å². The highest BCUT2D eigenvalue weighted by Gasteiger charge is 2.40. The molecule has 0 aromatic heterocycles. The van der Waals surface area contributed by atoms with E-state index < -0.39 is 5.54 Å². The lowest BCUT2D eigenvalue weighted by atomic mass is 9.96. The lowest BCUT2D eigenvalue weighted by Gasteiger charge is -2.41. The van der Waals surface area contributed by atoms with Gasteiger partial charge in [-0.25, -0.2) is 0 Å². The topological polar surface area (TPSA) is 49.4 Å². The second-order valence-electron chi connectivity index (χ2n) is 5.23. The van der Waals surface area contributed by atoms with Crippen LogP contribution in [0, 0.1) is 6.92 Å². The van der Waals surface area contributed by atoms with Crippen molar-refractivity contribution < 1.29 is 9.59 Å². The lowest BCUT2D eigenvalue weighted by Crippen LogP contribution is -2.63. The van der Waals surface area contributed by atoms with Crippen molar-refractivity contribution >= 4 is 23.4 Å². The average Bonchev–Trinajstić information content (AvgIpc) is 2.32. The van der Waals surface area contributed by atoms with E-state index in [4.69, 9.17) is 11.6 Å². The molecule has 0 bridgehead atoms. The van der Waals surface area contributed by atoms with Crippen LogP contribution in [0.25, 0.3) is 0 Å². The SMILES string of the molecule is Cc1cc(Cl)ccc1C(=O)N1CCNC(=O)C1(C)C. The van der Waals surface area contributed by atoms with Gasteiger partial charge in [0.1, 0.15) is 5.54 Å². The molecule has 4 nitrogen and oxygen atoms in total. The first-order valence-corrected chi connectivity index (χ1v) is 6.58. The first kappa shape index (κ1) is 13.9. The summed E-state index contributed by atoms with van der Waals surface area (Å²) in [5.41, 5.74) is 0.577. The Morgan fingerprint density at radius 1 is 1.42 bits per heavy atom. The van der Waals surface area contributed by atoms with Gasteiger partial charge >= 0.3 is 0 Å². The van der Waals surface area contributed by atoms with E-state index in [2.05, 4.69) is 5.32 Å². The van der Waals surface area contributed by atoms with Gasteiger partial charge in [-0.05, 0) is 44.5 Å². The van der Waals surface area contributed by atoms with E-state index in [9.17, 15) is 9.59 Å². The van der Waals surface area contributed by atoms with Gasteiger partial charge in [0.15, 0.2) is 0 Å². The summed E-state index contributed by atoms with van der Waals surface area (Å²) < 4.78 is 0. The number of aryl methyl sites for hydroxylation is 1. The Morgan fingerprint density at radius 3 is 2.74 bits per heavy atom. The van der Waals surface area contributed by atoms with Crippen molar-refractivity contribution in [1.82, 2.24) is 10.2 Å². The van der Waals surface area contributed by atoms with Crippen LogP contribution < -0.4 is 5.32 Å². The zero-order valence-electron chi connectivity index (χ0n) is 11.3. The number of carbonyl (C=O) groups excluding carboxylic acids is 2. The first-order chi connectivity index (χ1) is 8.84. The van der Waals surface area contributed by atoms with Crippen molar-refractivity contribution in [3.8, 4) is 0 Å². The smallest absolute Gasteiger partial charge is 0.255 e. The van der Waals surface area contributed by atoms with Gasteiger partial charge in [-0.15, -0.1) is 0 Å². The Morgan fingerprint density at radius 2 is 2.11 bits per heavy atom. The second-order valence-corrected chi connectivity index (χ2v) is 5.67. The summed E-state index contributed by atoms with van der Waals surface area (Å²) in [6.07, 6.45) is 0. The third-order valence-electron chi connectivity index (χ3n) is 3.52. The second kappa shape index (κ2) is 4.85. The molecule has 102 valence electrons. The maximum Gasteiger partial charge on any atom is 0.255 e. The molecular weight excluding hydrogens is 264 g/mol. The van der Waals surface area contributed by atoms with E-state index in [0.29, 0.717) is 23.7 Å². The summed E-state index contributed by atoms with van der Waals surface area (Å²) in [4.78, 5) is 26.1. The molecule has 1 N–H and O–H groups in total. The molecule has 0 aliphatic carbocycles. The van der Waals surface area contributed by atoms with Gasteiger partial charge in [0.05, 0.1) is 0 Å². The Labute approximate surface area is 117 Å². The van der Waals surface area contributed by atoms with Crippen molar-refractivity contribution in [3.63, 3.8) is 0 Å². The van der Waals surface area contributed by atoms with E-state index in [1.807, 2.05) is 6.92 Å². The standard InChI is InChI=1S/C14H17ClN2O2/c1-9-8-10(15)4-5-11(9)12(18)17-7-6-16-13(19)14(17,2)3/h4-5,8H,6-7H2,1-3H3,(H,16,19). The van der Waals surface area contributed by atoms with Crippen molar-refractivity contribution in [1.29, 1.82) is 0 Å². The summed E-state index contributed by atoms with van der Waals surface area (Å²) in [6.45, 7) is 6.35. The average molecular weight is 281 g/mol. The van der Waals surface area contributed by atoms with E-state index in [0.717, 1.165) is 5.56 Å². The van der Waals surface area contributed by atoms with E-state index in [1.54, 1.807) is 36.9 Å². The molecule has 2 amide bonds. The molecular formula is C14H17ClN2O2. The molecule has 5 heteroatoms. The van der Waals surface area contributed by atoms with E-state index in [-0.39, 0.29) is 11.8 Å². The molecule has 1 fully saturated rings. The minimum absolute atomic E-state index is 0.126. The number of hydrogen-bond acceptors (Lipinski definition) is 2. The Balaban J connectivity index is 2.35. The fraction of sp³-hybridized carbons (Fsp3) is 0.429. The van der Waals surface area contributed by atoms with Crippen LogP contribution in [-0.4, -0.2) is 35.3 Å². The van der Waals surface area contributed by atoms with Crippen molar-refractivity contribution in [2.24, 2.45) is 0 Å². The van der Waals surface area contributed by atoms with Crippen LogP contribution in [-0.2, 0) is 4.79 Å². The predicted octanol–water partition coefficient (Wildman–Crippen LogP) is 2.00. The zero-order valence-corrected chi connectivity index (χ0v) is 12.0. The Bertz CT molecular complexity index is 540. The van der Waals surface area contributed by atoms with Gasteiger partial charge in [-0.2, -0.15) is 0 Å². The third-order valence-corrected chi connectivity index (χ3v) is 3.75. The number of piperazine rings is 1. The summed E-state index contributed by atoms with van der Waals surface area (Å²) in [5, 5.41) is 3.38. The molecule has 1 aliphatic rings. The van der Waals surface area contributed by atoms with E-state index >= 15 is 0 Å². The summed E-state index contributed by atoms with van der Waals surface area (Å²) in [7, 11) is 0. The summed E-state index contributed by atoms with van der Waals surface area (Å²) in [5.74, 6) is -0.257. The highest BCUT2D eigenvalue weighted by atomic mass is 35.5. The Kier molecular flexibility index (Phi) is 3.54. The number of amides is 2. The van der Waals surface area contributed by atoms with Gasteiger partial charge in [0.25, 0.3) is 5.91 Å². The molecule has 1 saturated heterocycles. The lowest BCUT2D eigenvalue weighted by molar-refractivity contribution is -0.133. The fourth-order valence-electron chi connectivity index (χ4n) is 2.27. The molecule has 0 atom stereocenters. The molecule has 1 heterocycles. The van der Waals surface area contributed by atoms with Gasteiger partial charge < -0.3 is 10.2 Å². The number of rotatable bonds is 1. The van der Waals surface area contributed by atoms with Crippen LogP contribution >= 0.6 is 11.6 Å². The number of nitrogens with zero attached hydrogens (tertiary/aromatic N) is 1. The van der Waals surface area contributed by atoms with Gasteiger partial charge in [0, 0.05) is 23.7 Å². The Hall–Kier alpha value is -1.55. The highest BCUT2D eigenvalue weighted by Crippen LogP contribution is 2.23. The summed E-state index contributed by atoms with van der Waals surface area (Å²) >= 11 is 5.90. The minimum atomic E-state index is -0.832. The monoisotopic (exact) mass is 280 g/mol. The van der Waals surface area contributed by atoms with Crippen LogP contribution in [0.4, 0.5) is 0 Å². The molecule has 1 aromatic rings. The highest BCUT2D eigenvalue weighted by molar-refractivity contribution is 6.30. The van der Waals surface area contributed by atoms with Crippen LogP contribution in [0.1, 0.15) is 29.8 Å². The molecule has 1 aliphatic heterocycles. The maximum absolute atomic E-state index is 12.6. The maximum atomic E-state index is 12.6. The minimum Gasteiger partial charge on any atom is -0.352 e. The summed E-state index contributed by atoms with van der Waals surface area (Å²) in [6, 6.07) is 5.16. The fourth-order valence-corrected chi connectivity index (χ4v) is 2.49. The van der Waals surface area contributed by atoms with E-state index in [1.165, 1.54) is 0 Å². The van der Waals surface area contributed by atoms with Crippen LogP contribution in [0.15, 0.2) is 18.2 Å². The van der Waals surface area contributed by atoms with Gasteiger partial charge in [0.2, 0.25) is 5.91 Å². The number of nitrogens with one attached hydrogen (secondary N) is 1. The van der Waals surface area contributed by atoms with Crippen LogP contribution in [0.5, 0.6) is 0 Å².